The zero-order valence-corrected chi connectivity index (χ0v) is 11.9. The summed E-state index contributed by atoms with van der Waals surface area (Å²) in [5.74, 6) is 0. The van der Waals surface area contributed by atoms with Crippen molar-refractivity contribution < 1.29 is 0 Å². The van der Waals surface area contributed by atoms with Crippen molar-refractivity contribution in [1.82, 2.24) is 4.90 Å². The van der Waals surface area contributed by atoms with Crippen molar-refractivity contribution in [2.45, 2.75) is 64.3 Å². The fourth-order valence-corrected chi connectivity index (χ4v) is 5.23. The van der Waals surface area contributed by atoms with Crippen LogP contribution in [0.2, 0.25) is 24.2 Å². The van der Waals surface area contributed by atoms with Gasteiger partial charge in [-0.1, -0.05) is 25.9 Å². The van der Waals surface area contributed by atoms with Gasteiger partial charge in [-0.15, -0.1) is 0 Å². The van der Waals surface area contributed by atoms with Crippen molar-refractivity contribution >= 4 is 8.07 Å². The Morgan fingerprint density at radius 2 is 1.50 bits per heavy atom. The lowest BCUT2D eigenvalue weighted by molar-refractivity contribution is 0.145. The van der Waals surface area contributed by atoms with Crippen molar-refractivity contribution in [3.8, 4) is 0 Å². The number of hydrogen-bond acceptors (Lipinski definition) is 1. The largest absolute Gasteiger partial charge is 0.299 e. The van der Waals surface area contributed by atoms with Gasteiger partial charge in [0.1, 0.15) is 0 Å². The molecule has 1 aliphatic rings. The van der Waals surface area contributed by atoms with Crippen LogP contribution in [0.5, 0.6) is 0 Å². The van der Waals surface area contributed by atoms with E-state index in [4.69, 9.17) is 0 Å². The van der Waals surface area contributed by atoms with Gasteiger partial charge < -0.3 is 0 Å². The number of nitrogens with zero attached hydrogens (tertiary/aromatic N) is 1. The fourth-order valence-electron chi connectivity index (χ4n) is 2.27. The summed E-state index contributed by atoms with van der Waals surface area (Å²) < 4.78 is 0. The van der Waals surface area contributed by atoms with E-state index in [1.165, 1.54) is 25.2 Å². The van der Waals surface area contributed by atoms with E-state index in [9.17, 15) is 0 Å². The molecule has 1 aliphatic heterocycles. The molecule has 0 aliphatic carbocycles. The summed E-state index contributed by atoms with van der Waals surface area (Å²) in [5, 5.41) is 0. The maximum Gasteiger partial charge on any atom is 0.0555 e. The molecule has 1 saturated heterocycles. The van der Waals surface area contributed by atoms with Crippen LogP contribution in [-0.4, -0.2) is 31.6 Å². The predicted octanol–water partition coefficient (Wildman–Crippen LogP) is 3.59. The van der Waals surface area contributed by atoms with E-state index in [1.807, 2.05) is 0 Å². The smallest absolute Gasteiger partial charge is 0.0555 e. The molecule has 0 bridgehead atoms. The molecule has 1 heterocycles. The highest BCUT2D eigenvalue weighted by molar-refractivity contribution is 6.80. The molecule has 0 unspecified atom stereocenters. The monoisotopic (exact) mass is 213 g/mol. The summed E-state index contributed by atoms with van der Waals surface area (Å²) >= 11 is 0. The summed E-state index contributed by atoms with van der Waals surface area (Å²) in [6.45, 7) is 17.1. The molecule has 14 heavy (non-hydrogen) atoms. The molecular weight excluding hydrogens is 186 g/mol. The topological polar surface area (TPSA) is 3.24 Å². The quantitative estimate of drug-likeness (QED) is 0.602. The van der Waals surface area contributed by atoms with E-state index in [1.54, 1.807) is 0 Å². The number of hydrogen-bond donors (Lipinski definition) is 0. The minimum Gasteiger partial charge on any atom is -0.299 e. The van der Waals surface area contributed by atoms with Crippen LogP contribution >= 0.6 is 0 Å². The van der Waals surface area contributed by atoms with E-state index in [0.717, 1.165) is 5.54 Å². The van der Waals surface area contributed by atoms with Gasteiger partial charge in [-0.05, 0) is 45.9 Å². The Morgan fingerprint density at radius 3 is 1.79 bits per heavy atom. The maximum atomic E-state index is 2.66. The second-order valence-corrected chi connectivity index (χ2v) is 11.9. The normalized spacial score (nSPS) is 24.2. The Morgan fingerprint density at radius 1 is 1.07 bits per heavy atom. The second-order valence-electron chi connectivity index (χ2n) is 6.47. The van der Waals surface area contributed by atoms with Crippen molar-refractivity contribution in [3.05, 3.63) is 0 Å². The van der Waals surface area contributed by atoms with Crippen LogP contribution in [0.15, 0.2) is 0 Å². The van der Waals surface area contributed by atoms with Crippen LogP contribution in [0, 0.1) is 0 Å². The van der Waals surface area contributed by atoms with E-state index in [0.29, 0.717) is 5.54 Å². The molecule has 0 aromatic heterocycles. The van der Waals surface area contributed by atoms with Crippen molar-refractivity contribution in [1.29, 1.82) is 0 Å². The maximum absolute atomic E-state index is 2.66. The summed E-state index contributed by atoms with van der Waals surface area (Å²) in [7, 11) is -0.876. The molecule has 0 spiro atoms. The average Bonchev–Trinajstić information content (AvgIpc) is 2.03. The first-order valence-corrected chi connectivity index (χ1v) is 9.00. The standard InChI is InChI=1S/C12H27NSi/c1-11(2)14(6)9-7-13(8-10-14)12(3,4)5/h11H,7-10H2,1-6H3. The lowest BCUT2D eigenvalue weighted by Gasteiger charge is -2.46. The molecule has 0 amide bonds. The van der Waals surface area contributed by atoms with Crippen molar-refractivity contribution in [3.63, 3.8) is 0 Å². The molecular formula is C12H27NSi. The molecule has 1 nitrogen and oxygen atoms in total. The van der Waals surface area contributed by atoms with Gasteiger partial charge in [0, 0.05) is 5.54 Å². The van der Waals surface area contributed by atoms with Crippen LogP contribution in [0.25, 0.3) is 0 Å². The van der Waals surface area contributed by atoms with Gasteiger partial charge in [-0.2, -0.15) is 0 Å². The second kappa shape index (κ2) is 3.97. The summed E-state index contributed by atoms with van der Waals surface area (Å²) in [4.78, 5) is 2.66. The highest BCUT2D eigenvalue weighted by Crippen LogP contribution is 2.34. The van der Waals surface area contributed by atoms with Gasteiger partial charge in [0.15, 0.2) is 0 Å². The molecule has 0 atom stereocenters. The van der Waals surface area contributed by atoms with Crippen molar-refractivity contribution in [2.24, 2.45) is 0 Å². The highest BCUT2D eigenvalue weighted by atomic mass is 28.3. The lowest BCUT2D eigenvalue weighted by Crippen LogP contribution is -2.52. The highest BCUT2D eigenvalue weighted by Gasteiger charge is 2.37. The van der Waals surface area contributed by atoms with Crippen LogP contribution in [-0.2, 0) is 0 Å². The minimum absolute atomic E-state index is 0.382. The first-order valence-electron chi connectivity index (χ1n) is 6.01. The Labute approximate surface area is 90.9 Å². The Bertz CT molecular complexity index is 185. The van der Waals surface area contributed by atoms with Gasteiger partial charge in [0.2, 0.25) is 0 Å². The van der Waals surface area contributed by atoms with E-state index in [2.05, 4.69) is 46.1 Å². The van der Waals surface area contributed by atoms with Crippen LogP contribution in [0.4, 0.5) is 0 Å². The molecule has 1 rings (SSSR count). The average molecular weight is 213 g/mol. The third-order valence-corrected chi connectivity index (χ3v) is 9.77. The summed E-state index contributed by atoms with van der Waals surface area (Å²) in [6.07, 6.45) is 0. The molecule has 84 valence electrons. The predicted molar refractivity (Wildman–Crippen MR) is 67.7 cm³/mol. The summed E-state index contributed by atoms with van der Waals surface area (Å²) in [5.41, 5.74) is 1.34. The Hall–Kier alpha value is 0.177. The Kier molecular flexibility index (Phi) is 3.48. The van der Waals surface area contributed by atoms with Gasteiger partial charge >= 0.3 is 0 Å². The van der Waals surface area contributed by atoms with Gasteiger partial charge in [-0.25, -0.2) is 0 Å². The van der Waals surface area contributed by atoms with Crippen LogP contribution < -0.4 is 0 Å². The molecule has 1 fully saturated rings. The first kappa shape index (κ1) is 12.2. The van der Waals surface area contributed by atoms with Crippen molar-refractivity contribution in [2.75, 3.05) is 13.1 Å². The van der Waals surface area contributed by atoms with Gasteiger partial charge in [-0.3, -0.25) is 4.90 Å². The third-order valence-electron chi connectivity index (χ3n) is 4.25. The number of rotatable bonds is 1. The minimum atomic E-state index is -0.876. The van der Waals surface area contributed by atoms with E-state index in [-0.39, 0.29) is 0 Å². The lowest BCUT2D eigenvalue weighted by atomic mass is 10.1. The zero-order valence-electron chi connectivity index (χ0n) is 10.9. The Balaban J connectivity index is 2.54. The van der Waals surface area contributed by atoms with Gasteiger partial charge in [0.05, 0.1) is 8.07 Å². The molecule has 0 aromatic rings. The molecule has 2 heteroatoms. The van der Waals surface area contributed by atoms with Gasteiger partial charge in [0.25, 0.3) is 0 Å². The first-order chi connectivity index (χ1) is 6.26. The third kappa shape index (κ3) is 2.60. The zero-order chi connectivity index (χ0) is 11.0. The molecule has 0 saturated carbocycles. The van der Waals surface area contributed by atoms with E-state index < -0.39 is 8.07 Å². The van der Waals surface area contributed by atoms with Crippen LogP contribution in [0.3, 0.4) is 0 Å². The molecule has 0 aromatic carbocycles. The fraction of sp³-hybridized carbons (Fsp3) is 1.00. The van der Waals surface area contributed by atoms with Crippen LogP contribution in [0.1, 0.15) is 34.6 Å². The molecule has 0 N–H and O–H groups in total. The SMILES string of the molecule is CC(C)[Si]1(C)CCN(C(C)(C)C)CC1. The molecule has 0 radical (unpaired) electrons. The summed E-state index contributed by atoms with van der Waals surface area (Å²) in [6, 6.07) is 3.00. The van der Waals surface area contributed by atoms with E-state index >= 15 is 0 Å².